The van der Waals surface area contributed by atoms with Crippen LogP contribution in [-0.4, -0.2) is 49.7 Å². The lowest BCUT2D eigenvalue weighted by atomic mass is 10.0. The van der Waals surface area contributed by atoms with Gasteiger partial charge in [0.05, 0.1) is 6.61 Å². The van der Waals surface area contributed by atoms with Gasteiger partial charge in [0, 0.05) is 45.2 Å². The third-order valence-electron chi connectivity index (χ3n) is 6.02. The van der Waals surface area contributed by atoms with Gasteiger partial charge in [-0.2, -0.15) is 0 Å². The van der Waals surface area contributed by atoms with E-state index in [9.17, 15) is 4.39 Å². The highest BCUT2D eigenvalue weighted by molar-refractivity contribution is 5.80. The molecular formula is C25H33FN4O. The molecule has 0 spiro atoms. The summed E-state index contributed by atoms with van der Waals surface area (Å²) in [6, 6.07) is 13.8. The molecule has 0 bridgehead atoms. The van der Waals surface area contributed by atoms with Crippen LogP contribution in [0, 0.1) is 5.82 Å². The second-order valence-corrected chi connectivity index (χ2v) is 8.37. The normalized spacial score (nSPS) is 17.3. The van der Waals surface area contributed by atoms with E-state index in [0.717, 1.165) is 76.7 Å². The maximum Gasteiger partial charge on any atom is 0.191 e. The van der Waals surface area contributed by atoms with Crippen LogP contribution in [0.5, 0.6) is 5.75 Å². The Morgan fingerprint density at radius 3 is 2.68 bits per heavy atom. The van der Waals surface area contributed by atoms with E-state index in [0.29, 0.717) is 6.04 Å². The molecule has 2 aromatic rings. The van der Waals surface area contributed by atoms with Gasteiger partial charge >= 0.3 is 0 Å². The van der Waals surface area contributed by atoms with Crippen LogP contribution in [-0.2, 0) is 19.4 Å². The van der Waals surface area contributed by atoms with Gasteiger partial charge in [-0.15, -0.1) is 0 Å². The van der Waals surface area contributed by atoms with Crippen LogP contribution in [0.2, 0.25) is 0 Å². The molecule has 2 N–H and O–H groups in total. The molecular weight excluding hydrogens is 391 g/mol. The van der Waals surface area contributed by atoms with Crippen molar-refractivity contribution in [2.75, 3.05) is 32.8 Å². The van der Waals surface area contributed by atoms with Gasteiger partial charge in [-0.05, 0) is 61.1 Å². The highest BCUT2D eigenvalue weighted by atomic mass is 19.1. The molecule has 6 heteroatoms. The van der Waals surface area contributed by atoms with Crippen molar-refractivity contribution in [1.29, 1.82) is 0 Å². The van der Waals surface area contributed by atoms with Crippen molar-refractivity contribution >= 4 is 5.96 Å². The number of hydrogen-bond acceptors (Lipinski definition) is 3. The Morgan fingerprint density at radius 1 is 1.13 bits per heavy atom. The quantitative estimate of drug-likeness (QED) is 0.527. The monoisotopic (exact) mass is 424 g/mol. The number of nitrogens with one attached hydrogen (secondary N) is 2. The molecule has 0 aromatic heterocycles. The van der Waals surface area contributed by atoms with E-state index >= 15 is 0 Å². The van der Waals surface area contributed by atoms with Gasteiger partial charge in [0.1, 0.15) is 11.6 Å². The van der Waals surface area contributed by atoms with Gasteiger partial charge in [0.15, 0.2) is 5.96 Å². The molecule has 0 unspecified atom stereocenters. The molecule has 2 aromatic carbocycles. The lowest BCUT2D eigenvalue weighted by Gasteiger charge is -2.33. The Hall–Kier alpha value is -2.60. The summed E-state index contributed by atoms with van der Waals surface area (Å²) in [5.41, 5.74) is 3.80. The van der Waals surface area contributed by atoms with Crippen molar-refractivity contribution in [2.24, 2.45) is 4.99 Å². The van der Waals surface area contributed by atoms with Crippen LogP contribution >= 0.6 is 0 Å². The number of piperidine rings is 1. The molecule has 2 heterocycles. The van der Waals surface area contributed by atoms with Crippen molar-refractivity contribution < 1.29 is 9.13 Å². The zero-order valence-electron chi connectivity index (χ0n) is 18.4. The zero-order chi connectivity index (χ0) is 21.5. The third kappa shape index (κ3) is 6.20. The minimum absolute atomic E-state index is 0.174. The fourth-order valence-corrected chi connectivity index (χ4v) is 4.29. The summed E-state index contributed by atoms with van der Waals surface area (Å²) < 4.78 is 18.7. The fraction of sp³-hybridized carbons (Fsp3) is 0.480. The first-order valence-corrected chi connectivity index (χ1v) is 11.5. The lowest BCUT2D eigenvalue weighted by Crippen LogP contribution is -2.48. The van der Waals surface area contributed by atoms with E-state index in [2.05, 4.69) is 40.7 Å². The van der Waals surface area contributed by atoms with Gasteiger partial charge in [0.25, 0.3) is 0 Å². The number of hydrogen-bond donors (Lipinski definition) is 2. The van der Waals surface area contributed by atoms with E-state index in [-0.39, 0.29) is 5.82 Å². The Kier molecular flexibility index (Phi) is 7.41. The molecule has 0 radical (unpaired) electrons. The van der Waals surface area contributed by atoms with Crippen LogP contribution in [0.4, 0.5) is 4.39 Å². The fourth-order valence-electron chi connectivity index (χ4n) is 4.29. The van der Waals surface area contributed by atoms with E-state index in [1.54, 1.807) is 12.1 Å². The maximum absolute atomic E-state index is 13.1. The summed E-state index contributed by atoms with van der Waals surface area (Å²) in [6.45, 7) is 7.46. The number of halogens is 1. The molecule has 166 valence electrons. The lowest BCUT2D eigenvalue weighted by molar-refractivity contribution is 0.198. The first-order chi connectivity index (χ1) is 15.2. The van der Waals surface area contributed by atoms with E-state index in [4.69, 9.17) is 9.73 Å². The third-order valence-corrected chi connectivity index (χ3v) is 6.02. The minimum atomic E-state index is -0.174. The number of rotatable bonds is 7. The van der Waals surface area contributed by atoms with Crippen molar-refractivity contribution in [3.8, 4) is 5.75 Å². The molecule has 2 aliphatic rings. The second kappa shape index (κ2) is 10.6. The Labute approximate surface area is 184 Å². The first-order valence-electron chi connectivity index (χ1n) is 11.5. The van der Waals surface area contributed by atoms with Gasteiger partial charge in [-0.3, -0.25) is 9.89 Å². The number of benzene rings is 2. The minimum Gasteiger partial charge on any atom is -0.493 e. The average molecular weight is 425 g/mol. The number of nitrogens with zero attached hydrogens (tertiary/aromatic N) is 2. The number of guanidine groups is 1. The van der Waals surface area contributed by atoms with Crippen molar-refractivity contribution in [3.05, 3.63) is 65.0 Å². The maximum atomic E-state index is 13.1. The highest BCUT2D eigenvalue weighted by Gasteiger charge is 2.20. The van der Waals surface area contributed by atoms with Crippen LogP contribution < -0.4 is 15.4 Å². The Balaban J connectivity index is 1.24. The Bertz CT molecular complexity index is 876. The topological polar surface area (TPSA) is 48.9 Å². The summed E-state index contributed by atoms with van der Waals surface area (Å²) >= 11 is 0. The average Bonchev–Trinajstić information content (AvgIpc) is 3.25. The molecule has 31 heavy (non-hydrogen) atoms. The van der Waals surface area contributed by atoms with Crippen LogP contribution in [0.1, 0.15) is 36.5 Å². The number of ether oxygens (including phenoxy) is 1. The standard InChI is InChI=1S/C25H33FN4O/c1-2-27-25(28-13-9-19-5-8-24-21(17-19)12-16-31-24)29-23-10-14-30(15-11-23)18-20-3-6-22(26)7-4-20/h3-8,17,23H,2,9-16,18H2,1H3,(H2,27,28,29). The van der Waals surface area contributed by atoms with Gasteiger partial charge < -0.3 is 15.4 Å². The van der Waals surface area contributed by atoms with Crippen LogP contribution in [0.25, 0.3) is 0 Å². The molecule has 1 fully saturated rings. The molecule has 0 atom stereocenters. The summed E-state index contributed by atoms with van der Waals surface area (Å²) in [7, 11) is 0. The first kappa shape index (κ1) is 21.6. The Morgan fingerprint density at radius 2 is 1.90 bits per heavy atom. The molecule has 0 saturated carbocycles. The predicted octanol–water partition coefficient (Wildman–Crippen LogP) is 3.52. The van der Waals surface area contributed by atoms with Crippen LogP contribution in [0.15, 0.2) is 47.5 Å². The van der Waals surface area contributed by atoms with E-state index in [1.807, 2.05) is 12.1 Å². The summed E-state index contributed by atoms with van der Waals surface area (Å²) in [5, 5.41) is 7.00. The second-order valence-electron chi connectivity index (χ2n) is 8.37. The van der Waals surface area contributed by atoms with Crippen molar-refractivity contribution in [1.82, 2.24) is 15.5 Å². The SMILES string of the molecule is CCNC(=NCCc1ccc2c(c1)CCO2)NC1CCN(Cc2ccc(F)cc2)CC1. The zero-order valence-corrected chi connectivity index (χ0v) is 18.4. The van der Waals surface area contributed by atoms with Gasteiger partial charge in [0.2, 0.25) is 0 Å². The van der Waals surface area contributed by atoms with Gasteiger partial charge in [-0.25, -0.2) is 4.39 Å². The van der Waals surface area contributed by atoms with Crippen LogP contribution in [0.3, 0.4) is 0 Å². The molecule has 1 saturated heterocycles. The molecule has 2 aliphatic heterocycles. The predicted molar refractivity (Wildman–Crippen MR) is 123 cm³/mol. The largest absolute Gasteiger partial charge is 0.493 e. The van der Waals surface area contributed by atoms with Crippen molar-refractivity contribution in [2.45, 2.75) is 45.2 Å². The molecule has 5 nitrogen and oxygen atoms in total. The number of aliphatic imine (C=N–C) groups is 1. The molecule has 0 aliphatic carbocycles. The molecule has 0 amide bonds. The summed E-state index contributed by atoms with van der Waals surface area (Å²) in [5.74, 6) is 1.77. The highest BCUT2D eigenvalue weighted by Crippen LogP contribution is 2.26. The summed E-state index contributed by atoms with van der Waals surface area (Å²) in [4.78, 5) is 7.24. The van der Waals surface area contributed by atoms with Crippen molar-refractivity contribution in [3.63, 3.8) is 0 Å². The van der Waals surface area contributed by atoms with Gasteiger partial charge in [-0.1, -0.05) is 24.3 Å². The summed E-state index contributed by atoms with van der Waals surface area (Å²) in [6.07, 6.45) is 4.10. The smallest absolute Gasteiger partial charge is 0.191 e. The number of fused-ring (bicyclic) bond motifs is 1. The van der Waals surface area contributed by atoms with E-state index < -0.39 is 0 Å². The molecule has 4 rings (SSSR count). The van der Waals surface area contributed by atoms with E-state index in [1.165, 1.54) is 16.7 Å². The number of likely N-dealkylation sites (tertiary alicyclic amines) is 1.